The van der Waals surface area contributed by atoms with Crippen LogP contribution in [0.15, 0.2) is 69.9 Å². The van der Waals surface area contributed by atoms with Crippen molar-refractivity contribution in [1.82, 2.24) is 0 Å². The zero-order valence-electron chi connectivity index (χ0n) is 23.9. The zero-order chi connectivity index (χ0) is 26.4. The van der Waals surface area contributed by atoms with Crippen molar-refractivity contribution in [3.63, 3.8) is 0 Å². The molecule has 1 unspecified atom stereocenters. The van der Waals surface area contributed by atoms with Gasteiger partial charge in [0.05, 0.1) is 0 Å². The number of rotatable bonds is 15. The first-order chi connectivity index (χ1) is 16.0. The fraction of sp³-hybridized carbons (Fsp3) is 0.600. The molecule has 0 rings (SSSR count). The van der Waals surface area contributed by atoms with Crippen LogP contribution in [0, 0.1) is 75.5 Å². The number of hydrogen-bond donors (Lipinski definition) is 1. The van der Waals surface area contributed by atoms with Gasteiger partial charge in [-0.05, 0) is 107 Å². The van der Waals surface area contributed by atoms with E-state index in [1.165, 1.54) is 47.1 Å². The van der Waals surface area contributed by atoms with Gasteiger partial charge in [-0.3, -0.25) is 4.21 Å². The van der Waals surface area contributed by atoms with Gasteiger partial charge in [-0.15, -0.1) is 0 Å². The number of allylic oxidation sites excluding steroid dienone is 10. The van der Waals surface area contributed by atoms with Crippen LogP contribution in [0.3, 0.4) is 0 Å². The van der Waals surface area contributed by atoms with Crippen molar-refractivity contribution >= 4 is 23.7 Å². The molecule has 2 nitrogen and oxygen atoms in total. The standard InChI is InChI=1S/C15H26O2S.C15H26S.2Ar/c1-13(2)7-5-8-14(3)9-6-10-15(4)11-12-18(16)17;1-13(2)7-5-8-14(3)9-6-10-15(4)11-12-16;;/h7,9,11H,5-6,8,10,12H2,1-4H3,(H,16,17);7,9,11,16H,5-6,8,10,12H2,1-4H3;;/p-1/b2*14-9+,15-11+;;. The molecule has 0 heterocycles. The Bertz CT molecular complexity index is 753. The fourth-order valence-electron chi connectivity index (χ4n) is 3.04. The molecule has 0 spiro atoms. The molecular formula is C30H51Ar2O2S2-. The molecule has 0 fully saturated rings. The van der Waals surface area contributed by atoms with Gasteiger partial charge in [0.25, 0.3) is 0 Å². The van der Waals surface area contributed by atoms with Crippen LogP contribution in [0.5, 0.6) is 0 Å². The molecule has 0 aliphatic heterocycles. The Labute approximate surface area is 292 Å². The predicted octanol–water partition coefficient (Wildman–Crippen LogP) is 9.62. The second-order valence-electron chi connectivity index (χ2n) is 9.57. The number of thiol groups is 1. The SMILES string of the molecule is CC(C)=CCC/C(C)=C/CC/C(C)=C/CS.CC(C)=CCC/C(C)=C/CC/C(C)=C/CS(=O)[O-].[Ar].[Ar]. The summed E-state index contributed by atoms with van der Waals surface area (Å²) in [5, 5.41) is 0. The van der Waals surface area contributed by atoms with Crippen molar-refractivity contribution in [3.8, 4) is 0 Å². The van der Waals surface area contributed by atoms with Crippen LogP contribution in [0.25, 0.3) is 0 Å². The molecule has 0 aliphatic rings. The predicted molar refractivity (Wildman–Crippen MR) is 158 cm³/mol. The molecule has 0 aromatic rings. The molecule has 6 heteroatoms. The molecule has 1 atom stereocenters. The summed E-state index contributed by atoms with van der Waals surface area (Å²) < 4.78 is 20.8. The van der Waals surface area contributed by atoms with Crippen molar-refractivity contribution in [2.45, 2.75) is 107 Å². The average Bonchev–Trinajstić information content (AvgIpc) is 2.72. The third kappa shape index (κ3) is 37.6. The molecule has 0 amide bonds. The average molecular weight is 588 g/mol. The minimum absolute atomic E-state index is 0. The smallest absolute Gasteiger partial charge is 0.0284 e. The van der Waals surface area contributed by atoms with Crippen LogP contribution in [-0.4, -0.2) is 20.3 Å². The van der Waals surface area contributed by atoms with Gasteiger partial charge in [0, 0.05) is 87.0 Å². The maximum absolute atomic E-state index is 10.4. The molecule has 0 aliphatic carbocycles. The van der Waals surface area contributed by atoms with E-state index < -0.39 is 11.1 Å². The molecule has 0 aromatic heterocycles. The van der Waals surface area contributed by atoms with E-state index in [2.05, 4.69) is 91.5 Å². The molecule has 36 heavy (non-hydrogen) atoms. The summed E-state index contributed by atoms with van der Waals surface area (Å²) in [5.74, 6) is 0.990. The van der Waals surface area contributed by atoms with Crippen LogP contribution in [-0.2, 0) is 11.1 Å². The van der Waals surface area contributed by atoms with Crippen LogP contribution in [0.2, 0.25) is 0 Å². The van der Waals surface area contributed by atoms with Gasteiger partial charge in [-0.1, -0.05) is 81.0 Å². The Morgan fingerprint density at radius 3 is 1.19 bits per heavy atom. The summed E-state index contributed by atoms with van der Waals surface area (Å²) in [7, 11) is 0. The summed E-state index contributed by atoms with van der Waals surface area (Å²) in [4.78, 5) is 0. The first kappa shape index (κ1) is 44.4. The first-order valence-electron chi connectivity index (χ1n) is 12.5. The molecule has 0 N–H and O–H groups in total. The minimum atomic E-state index is -1.96. The van der Waals surface area contributed by atoms with E-state index in [0.717, 1.165) is 43.4 Å². The van der Waals surface area contributed by atoms with E-state index in [0.29, 0.717) is 0 Å². The van der Waals surface area contributed by atoms with E-state index in [9.17, 15) is 8.76 Å². The number of hydrogen-bond acceptors (Lipinski definition) is 3. The summed E-state index contributed by atoms with van der Waals surface area (Å²) in [6.45, 7) is 17.1. The summed E-state index contributed by atoms with van der Waals surface area (Å²) in [6, 6.07) is 0. The topological polar surface area (TPSA) is 40.1 Å². The maximum atomic E-state index is 10.4. The van der Waals surface area contributed by atoms with Crippen molar-refractivity contribution in [3.05, 3.63) is 69.9 Å². The van der Waals surface area contributed by atoms with Crippen LogP contribution in [0.1, 0.15) is 107 Å². The second-order valence-corrected chi connectivity index (χ2v) is 10.9. The van der Waals surface area contributed by atoms with Crippen LogP contribution < -0.4 is 0 Å². The van der Waals surface area contributed by atoms with E-state index >= 15 is 0 Å². The molecule has 0 radical (unpaired) electrons. The maximum Gasteiger partial charge on any atom is 0.0284 e. The van der Waals surface area contributed by atoms with Gasteiger partial charge in [0.2, 0.25) is 0 Å². The van der Waals surface area contributed by atoms with E-state index in [1.54, 1.807) is 6.08 Å². The molecule has 0 bridgehead atoms. The van der Waals surface area contributed by atoms with Gasteiger partial charge >= 0.3 is 0 Å². The molecule has 0 saturated carbocycles. The van der Waals surface area contributed by atoms with E-state index in [1.807, 2.05) is 6.92 Å². The van der Waals surface area contributed by atoms with Gasteiger partial charge in [0.15, 0.2) is 0 Å². The van der Waals surface area contributed by atoms with Crippen molar-refractivity contribution in [2.24, 2.45) is 0 Å². The van der Waals surface area contributed by atoms with Gasteiger partial charge in [-0.25, -0.2) is 0 Å². The normalized spacial score (nSPS) is 12.9. The minimum Gasteiger partial charge on any atom is -0.772 e. The molecular weight excluding hydrogens is 536 g/mol. The molecule has 212 valence electrons. The fourth-order valence-corrected chi connectivity index (χ4v) is 3.78. The van der Waals surface area contributed by atoms with Crippen LogP contribution >= 0.6 is 12.6 Å². The largest absolute Gasteiger partial charge is 0.772 e. The Morgan fingerprint density at radius 1 is 0.583 bits per heavy atom. The third-order valence-electron chi connectivity index (χ3n) is 5.25. The van der Waals surface area contributed by atoms with Gasteiger partial charge < -0.3 is 4.55 Å². The van der Waals surface area contributed by atoms with E-state index in [-0.39, 0.29) is 81.2 Å². The van der Waals surface area contributed by atoms with Crippen molar-refractivity contribution in [1.29, 1.82) is 0 Å². The van der Waals surface area contributed by atoms with Gasteiger partial charge in [0.1, 0.15) is 0 Å². The van der Waals surface area contributed by atoms with Crippen LogP contribution in [0.4, 0.5) is 0 Å². The quantitative estimate of drug-likeness (QED) is 0.118. The third-order valence-corrected chi connectivity index (χ3v) is 5.87. The van der Waals surface area contributed by atoms with Gasteiger partial charge in [-0.2, -0.15) is 12.6 Å². The van der Waals surface area contributed by atoms with E-state index in [4.69, 9.17) is 0 Å². The Balaban J connectivity index is -0.000000271. The van der Waals surface area contributed by atoms with Crippen molar-refractivity contribution in [2.75, 3.05) is 11.5 Å². The Morgan fingerprint density at radius 2 is 0.889 bits per heavy atom. The summed E-state index contributed by atoms with van der Waals surface area (Å²) in [6.07, 6.45) is 22.0. The Kier molecular flexibility index (Phi) is 38.2. The zero-order valence-corrected chi connectivity index (χ0v) is 27.0. The summed E-state index contributed by atoms with van der Waals surface area (Å²) >= 11 is 2.23. The Hall–Kier alpha value is 1.42. The van der Waals surface area contributed by atoms with Crippen molar-refractivity contribution < 1.29 is 84.2 Å². The summed E-state index contributed by atoms with van der Waals surface area (Å²) in [5.41, 5.74) is 8.30. The first-order valence-corrected chi connectivity index (χ1v) is 14.4. The molecule has 0 aromatic carbocycles. The second kappa shape index (κ2) is 31.0. The molecule has 0 saturated heterocycles. The monoisotopic (exact) mass is 587 g/mol.